The highest BCUT2D eigenvalue weighted by molar-refractivity contribution is 8.00. The second-order valence-electron chi connectivity index (χ2n) is 9.56. The number of aromatic nitrogens is 2. The molecule has 1 saturated heterocycles. The minimum atomic E-state index is -4.92. The van der Waals surface area contributed by atoms with Crippen molar-refractivity contribution in [1.29, 1.82) is 0 Å². The molecule has 5 aromatic rings. The summed E-state index contributed by atoms with van der Waals surface area (Å²) >= 11 is 1.47. The number of anilines is 1. The van der Waals surface area contributed by atoms with Gasteiger partial charge < -0.3 is 24.6 Å². The van der Waals surface area contributed by atoms with E-state index in [2.05, 4.69) is 4.98 Å². The van der Waals surface area contributed by atoms with E-state index < -0.39 is 21.3 Å². The molecule has 0 unspecified atom stereocenters. The molecule has 1 aliphatic rings. The third kappa shape index (κ3) is 7.92. The Bertz CT molecular complexity index is 1910. The van der Waals surface area contributed by atoms with Crippen molar-refractivity contribution in [3.63, 3.8) is 0 Å². The Balaban J connectivity index is 0.000000223. The minimum absolute atomic E-state index is 0.0572. The molecule has 0 amide bonds. The fourth-order valence-corrected chi connectivity index (χ4v) is 6.50. The fourth-order valence-electron chi connectivity index (χ4n) is 4.76. The van der Waals surface area contributed by atoms with Crippen LogP contribution in [0.4, 0.5) is 5.82 Å². The zero-order valence-electron chi connectivity index (χ0n) is 23.1. The largest absolute Gasteiger partial charge is 0.524 e. The molecule has 45 heavy (non-hydrogen) atoms. The van der Waals surface area contributed by atoms with Gasteiger partial charge in [0.05, 0.1) is 6.61 Å². The van der Waals surface area contributed by atoms with Crippen molar-refractivity contribution in [2.45, 2.75) is 11.7 Å². The SMILES string of the molecule is Nc1ccn([C@H]2CS[C@@H](CO)O2)c(=O)n1.O=P(O)(O)Oc1ccc2ccccc2c1-c1c(OP(=O)(O)O)ccc2ccccc12. The van der Waals surface area contributed by atoms with Crippen LogP contribution in [0.15, 0.2) is 89.9 Å². The molecule has 1 fully saturated rings. The van der Waals surface area contributed by atoms with Crippen LogP contribution in [0.2, 0.25) is 0 Å². The maximum absolute atomic E-state index is 11.6. The molecule has 17 heteroatoms. The summed E-state index contributed by atoms with van der Waals surface area (Å²) in [5.74, 6) is 0.528. The molecule has 7 N–H and O–H groups in total. The Morgan fingerprint density at radius 2 is 1.36 bits per heavy atom. The molecule has 0 radical (unpaired) electrons. The molecule has 0 aliphatic carbocycles. The van der Waals surface area contributed by atoms with Crippen molar-refractivity contribution in [3.05, 3.63) is 95.5 Å². The number of phosphoric ester groups is 2. The number of nitrogens with two attached hydrogens (primary N) is 1. The first-order valence-electron chi connectivity index (χ1n) is 13.1. The first kappa shape index (κ1) is 32.6. The molecule has 4 aromatic carbocycles. The van der Waals surface area contributed by atoms with E-state index in [1.807, 2.05) is 0 Å². The van der Waals surface area contributed by atoms with E-state index >= 15 is 0 Å². The number of aliphatic hydroxyl groups excluding tert-OH is 1. The third-order valence-corrected chi connectivity index (χ3v) is 8.49. The summed E-state index contributed by atoms with van der Waals surface area (Å²) < 4.78 is 39.9. The molecular weight excluding hydrogens is 648 g/mol. The Morgan fingerprint density at radius 3 is 1.80 bits per heavy atom. The Morgan fingerprint density at radius 1 is 0.844 bits per heavy atom. The highest BCUT2D eigenvalue weighted by atomic mass is 32.2. The average Bonchev–Trinajstić information content (AvgIpc) is 3.45. The quantitative estimate of drug-likeness (QED) is 0.134. The number of fused-ring (bicyclic) bond motifs is 2. The first-order chi connectivity index (χ1) is 21.3. The summed E-state index contributed by atoms with van der Waals surface area (Å²) in [5.41, 5.74) is 5.17. The summed E-state index contributed by atoms with van der Waals surface area (Å²) in [6, 6.07) is 21.7. The Hall–Kier alpha value is -3.75. The number of nitrogens with zero attached hydrogens (tertiary/aromatic N) is 2. The van der Waals surface area contributed by atoms with Crippen molar-refractivity contribution >= 4 is 54.8 Å². The number of benzene rings is 4. The van der Waals surface area contributed by atoms with Gasteiger partial charge in [-0.25, -0.2) is 13.9 Å². The van der Waals surface area contributed by atoms with Crippen LogP contribution in [0.25, 0.3) is 32.7 Å². The van der Waals surface area contributed by atoms with Gasteiger partial charge in [0.15, 0.2) is 0 Å². The molecule has 6 rings (SSSR count). The van der Waals surface area contributed by atoms with Gasteiger partial charge in [0.2, 0.25) is 0 Å². The van der Waals surface area contributed by atoms with Crippen LogP contribution in [0, 0.1) is 0 Å². The highest BCUT2D eigenvalue weighted by Gasteiger charge is 2.28. The van der Waals surface area contributed by atoms with E-state index in [9.17, 15) is 33.5 Å². The van der Waals surface area contributed by atoms with Gasteiger partial charge in [0.25, 0.3) is 0 Å². The van der Waals surface area contributed by atoms with E-state index in [0.717, 1.165) is 10.8 Å². The van der Waals surface area contributed by atoms with E-state index in [0.29, 0.717) is 16.5 Å². The second-order valence-corrected chi connectivity index (χ2v) is 13.1. The van der Waals surface area contributed by atoms with Crippen LogP contribution < -0.4 is 20.5 Å². The molecule has 1 aromatic heterocycles. The van der Waals surface area contributed by atoms with Gasteiger partial charge in [-0.3, -0.25) is 24.1 Å². The van der Waals surface area contributed by atoms with Crippen LogP contribution in [-0.4, -0.2) is 52.0 Å². The molecule has 0 saturated carbocycles. The summed E-state index contributed by atoms with van der Waals surface area (Å²) in [4.78, 5) is 52.7. The maximum atomic E-state index is 11.6. The van der Waals surface area contributed by atoms with E-state index in [-0.39, 0.29) is 46.7 Å². The summed E-state index contributed by atoms with van der Waals surface area (Å²) in [6.07, 6.45) is 1.18. The van der Waals surface area contributed by atoms with Gasteiger partial charge in [0.1, 0.15) is 29.0 Å². The lowest BCUT2D eigenvalue weighted by molar-refractivity contribution is -0.00629. The van der Waals surface area contributed by atoms with Crippen molar-refractivity contribution in [3.8, 4) is 22.6 Å². The van der Waals surface area contributed by atoms with Crippen molar-refractivity contribution in [2.75, 3.05) is 18.1 Å². The first-order valence-corrected chi connectivity index (χ1v) is 17.2. The van der Waals surface area contributed by atoms with Crippen LogP contribution in [-0.2, 0) is 13.9 Å². The number of aliphatic hydroxyl groups is 1. The third-order valence-electron chi connectivity index (χ3n) is 6.51. The fraction of sp³-hybridized carbons (Fsp3) is 0.143. The normalized spacial score (nSPS) is 16.7. The molecule has 2 atom stereocenters. The topological polar surface area (TPSA) is 224 Å². The molecular formula is C28H27N3O11P2S. The number of hydrogen-bond acceptors (Lipinski definition) is 10. The molecule has 0 spiro atoms. The zero-order valence-corrected chi connectivity index (χ0v) is 25.7. The smallest absolute Gasteiger partial charge is 0.404 e. The lowest BCUT2D eigenvalue weighted by Crippen LogP contribution is -2.28. The Kier molecular flexibility index (Phi) is 9.65. The monoisotopic (exact) mass is 675 g/mol. The molecule has 14 nitrogen and oxygen atoms in total. The minimum Gasteiger partial charge on any atom is -0.404 e. The second kappa shape index (κ2) is 13.3. The van der Waals surface area contributed by atoms with Crippen LogP contribution in [0.3, 0.4) is 0 Å². The molecule has 0 bridgehead atoms. The van der Waals surface area contributed by atoms with Gasteiger partial charge in [0, 0.05) is 23.1 Å². The van der Waals surface area contributed by atoms with Crippen molar-refractivity contribution in [2.24, 2.45) is 0 Å². The summed E-state index contributed by atoms with van der Waals surface area (Å²) in [5, 5.41) is 11.5. The van der Waals surface area contributed by atoms with Crippen molar-refractivity contribution < 1.29 is 47.6 Å². The van der Waals surface area contributed by atoms with Gasteiger partial charge in [-0.2, -0.15) is 4.98 Å². The number of thioether (sulfide) groups is 1. The standard InChI is InChI=1S/C20H16O8P2.C8H11N3O3S/c21-29(22,23)27-17-11-9-13-5-1-3-7-15(13)19(17)20-16-8-4-2-6-14(16)10-12-18(20)28-30(24,25)26;9-5-1-2-11(8(13)10-5)6-4-15-7(3-12)14-6/h1-12H,(H2,21,22,23)(H2,24,25,26);1-2,6-7,12H,3-4H2,(H2,9,10,13)/t;6-,7+/m.1/s1. The van der Waals surface area contributed by atoms with Crippen LogP contribution >= 0.6 is 27.4 Å². The van der Waals surface area contributed by atoms with Crippen molar-refractivity contribution in [1.82, 2.24) is 9.55 Å². The molecule has 1 aliphatic heterocycles. The number of nitrogen functional groups attached to an aromatic ring is 1. The number of phosphoric acid groups is 2. The number of rotatable bonds is 7. The van der Waals surface area contributed by atoms with E-state index in [1.54, 1.807) is 72.9 Å². The maximum Gasteiger partial charge on any atom is 0.524 e. The molecule has 236 valence electrons. The van der Waals surface area contributed by atoms with Crippen LogP contribution in [0.1, 0.15) is 6.23 Å². The van der Waals surface area contributed by atoms with Gasteiger partial charge in [-0.1, -0.05) is 60.7 Å². The van der Waals surface area contributed by atoms with E-state index in [4.69, 9.17) is 24.6 Å². The zero-order chi connectivity index (χ0) is 32.4. The predicted molar refractivity (Wildman–Crippen MR) is 169 cm³/mol. The van der Waals surface area contributed by atoms with Crippen LogP contribution in [0.5, 0.6) is 11.5 Å². The van der Waals surface area contributed by atoms with Gasteiger partial charge >= 0.3 is 21.3 Å². The van der Waals surface area contributed by atoms with Gasteiger partial charge in [-0.15, -0.1) is 11.8 Å². The predicted octanol–water partition coefficient (Wildman–Crippen LogP) is 4.01. The average molecular weight is 676 g/mol. The van der Waals surface area contributed by atoms with Gasteiger partial charge in [-0.05, 0) is 39.7 Å². The molecule has 2 heterocycles. The number of ether oxygens (including phenoxy) is 1. The summed E-state index contributed by atoms with van der Waals surface area (Å²) in [6.45, 7) is -0.0572. The lowest BCUT2D eigenvalue weighted by Gasteiger charge is -2.19. The Labute approximate surface area is 259 Å². The number of hydrogen-bond donors (Lipinski definition) is 6. The lowest BCUT2D eigenvalue weighted by atomic mass is 9.92. The summed E-state index contributed by atoms with van der Waals surface area (Å²) in [7, 11) is -9.85. The highest BCUT2D eigenvalue weighted by Crippen LogP contribution is 2.51. The van der Waals surface area contributed by atoms with E-state index in [1.165, 1.54) is 28.5 Å².